The zero-order valence-corrected chi connectivity index (χ0v) is 22.2. The Morgan fingerprint density at radius 1 is 1.09 bits per heavy atom. The van der Waals surface area contributed by atoms with Gasteiger partial charge in [0.05, 0.1) is 5.69 Å². The lowest BCUT2D eigenvalue weighted by Gasteiger charge is -2.36. The second kappa shape index (κ2) is 10.6. The van der Waals surface area contributed by atoms with Crippen LogP contribution in [0.3, 0.4) is 0 Å². The molecule has 1 aliphatic heterocycles. The average molecular weight is 486 g/mol. The Morgan fingerprint density at radius 2 is 1.71 bits per heavy atom. The molecule has 4 rings (SSSR count). The van der Waals surface area contributed by atoms with Gasteiger partial charge in [0.15, 0.2) is 5.52 Å². The van der Waals surface area contributed by atoms with Crippen molar-refractivity contribution in [2.24, 2.45) is 18.9 Å². The standard InChI is InChI=1S/C26H43N7O2/c1-6-27-25(35)32-14-12-19(13-15-32)17-33(16-18-10-8-7-9-11-18)24-28-20-21(23(34)29-24)31(5)30-22(20)26(2,3)4/h18-19H,6-17H2,1-5H3,(H,27,35)(H,28,29,34). The molecular formula is C26H43N7O2. The van der Waals surface area contributed by atoms with E-state index >= 15 is 0 Å². The summed E-state index contributed by atoms with van der Waals surface area (Å²) in [4.78, 5) is 37.8. The number of nitrogens with zero attached hydrogens (tertiary/aromatic N) is 5. The number of fused-ring (bicyclic) bond motifs is 1. The van der Waals surface area contributed by atoms with Crippen LogP contribution in [0.1, 0.15) is 78.3 Å². The first-order valence-electron chi connectivity index (χ1n) is 13.4. The number of likely N-dealkylation sites (tertiary alicyclic amines) is 1. The van der Waals surface area contributed by atoms with E-state index in [0.29, 0.717) is 35.4 Å². The lowest BCUT2D eigenvalue weighted by atomic mass is 9.88. The van der Waals surface area contributed by atoms with Gasteiger partial charge in [-0.25, -0.2) is 9.78 Å². The molecule has 9 heteroatoms. The molecular weight excluding hydrogens is 442 g/mol. The Labute approximate surface area is 208 Å². The van der Waals surface area contributed by atoms with E-state index in [0.717, 1.165) is 44.7 Å². The number of H-pyrrole nitrogens is 1. The number of aromatic amines is 1. The van der Waals surface area contributed by atoms with Crippen LogP contribution >= 0.6 is 0 Å². The number of hydrogen-bond acceptors (Lipinski definition) is 5. The molecule has 2 N–H and O–H groups in total. The van der Waals surface area contributed by atoms with Gasteiger partial charge in [-0.05, 0) is 44.4 Å². The van der Waals surface area contributed by atoms with Crippen LogP contribution in [0.2, 0.25) is 0 Å². The van der Waals surface area contributed by atoms with Gasteiger partial charge in [0, 0.05) is 45.2 Å². The summed E-state index contributed by atoms with van der Waals surface area (Å²) in [5.41, 5.74) is 1.76. The van der Waals surface area contributed by atoms with Gasteiger partial charge in [-0.15, -0.1) is 0 Å². The van der Waals surface area contributed by atoms with Crippen molar-refractivity contribution in [3.63, 3.8) is 0 Å². The number of nitrogens with one attached hydrogen (secondary N) is 2. The molecule has 0 atom stereocenters. The van der Waals surface area contributed by atoms with Crippen LogP contribution in [-0.2, 0) is 12.5 Å². The maximum absolute atomic E-state index is 13.2. The van der Waals surface area contributed by atoms with Gasteiger partial charge >= 0.3 is 6.03 Å². The smallest absolute Gasteiger partial charge is 0.317 e. The largest absolute Gasteiger partial charge is 0.342 e. The molecule has 2 aliphatic rings. The second-order valence-corrected chi connectivity index (χ2v) is 11.5. The van der Waals surface area contributed by atoms with Gasteiger partial charge in [-0.1, -0.05) is 40.0 Å². The molecule has 1 saturated heterocycles. The summed E-state index contributed by atoms with van der Waals surface area (Å²) in [6.07, 6.45) is 8.28. The molecule has 0 aromatic carbocycles. The molecule has 0 bridgehead atoms. The fourth-order valence-electron chi connectivity index (χ4n) is 5.64. The summed E-state index contributed by atoms with van der Waals surface area (Å²) >= 11 is 0. The average Bonchev–Trinajstić information content (AvgIpc) is 3.17. The first-order chi connectivity index (χ1) is 16.7. The Kier molecular flexibility index (Phi) is 7.71. The van der Waals surface area contributed by atoms with E-state index in [4.69, 9.17) is 4.98 Å². The van der Waals surface area contributed by atoms with Crippen molar-refractivity contribution in [2.45, 2.75) is 78.1 Å². The highest BCUT2D eigenvalue weighted by Gasteiger charge is 2.29. The summed E-state index contributed by atoms with van der Waals surface area (Å²) in [6.45, 7) is 12.2. The molecule has 1 saturated carbocycles. The van der Waals surface area contributed by atoms with Crippen molar-refractivity contribution in [3.05, 3.63) is 16.0 Å². The van der Waals surface area contributed by atoms with Gasteiger partial charge in [-0.3, -0.25) is 14.5 Å². The summed E-state index contributed by atoms with van der Waals surface area (Å²) in [5, 5.41) is 7.58. The highest BCUT2D eigenvalue weighted by molar-refractivity contribution is 5.79. The van der Waals surface area contributed by atoms with Gasteiger partial charge in [0.2, 0.25) is 5.95 Å². The Morgan fingerprint density at radius 3 is 2.31 bits per heavy atom. The van der Waals surface area contributed by atoms with Gasteiger partial charge < -0.3 is 15.1 Å². The van der Waals surface area contributed by atoms with Crippen molar-refractivity contribution >= 4 is 23.0 Å². The number of hydrogen-bond donors (Lipinski definition) is 2. The zero-order valence-electron chi connectivity index (χ0n) is 22.2. The molecule has 0 spiro atoms. The predicted molar refractivity (Wildman–Crippen MR) is 140 cm³/mol. The van der Waals surface area contributed by atoms with E-state index in [-0.39, 0.29) is 17.0 Å². The van der Waals surface area contributed by atoms with Crippen LogP contribution < -0.4 is 15.8 Å². The van der Waals surface area contributed by atoms with Crippen LogP contribution in [0.4, 0.5) is 10.7 Å². The summed E-state index contributed by atoms with van der Waals surface area (Å²) < 4.78 is 1.66. The van der Waals surface area contributed by atoms with Gasteiger partial charge in [0.1, 0.15) is 5.52 Å². The molecule has 0 radical (unpaired) electrons. The minimum atomic E-state index is -0.211. The third-order valence-corrected chi connectivity index (χ3v) is 7.60. The minimum absolute atomic E-state index is 0.0350. The van der Waals surface area contributed by atoms with Crippen LogP contribution in [0.25, 0.3) is 11.0 Å². The molecule has 0 unspecified atom stereocenters. The second-order valence-electron chi connectivity index (χ2n) is 11.5. The maximum atomic E-state index is 13.2. The molecule has 3 heterocycles. The fourth-order valence-corrected chi connectivity index (χ4v) is 5.64. The number of aromatic nitrogens is 4. The van der Waals surface area contributed by atoms with E-state index < -0.39 is 0 Å². The van der Waals surface area contributed by atoms with Crippen LogP contribution in [0, 0.1) is 11.8 Å². The maximum Gasteiger partial charge on any atom is 0.317 e. The van der Waals surface area contributed by atoms with Gasteiger partial charge in [-0.2, -0.15) is 5.10 Å². The van der Waals surface area contributed by atoms with Crippen molar-refractivity contribution in [1.82, 2.24) is 30.0 Å². The topological polar surface area (TPSA) is 99.2 Å². The van der Waals surface area contributed by atoms with E-state index in [2.05, 4.69) is 41.1 Å². The molecule has 2 fully saturated rings. The monoisotopic (exact) mass is 485 g/mol. The van der Waals surface area contributed by atoms with E-state index in [1.807, 2.05) is 18.9 Å². The number of urea groups is 1. The third-order valence-electron chi connectivity index (χ3n) is 7.60. The molecule has 194 valence electrons. The van der Waals surface area contributed by atoms with Crippen LogP contribution in [0.15, 0.2) is 4.79 Å². The first-order valence-corrected chi connectivity index (χ1v) is 13.4. The number of aryl methyl sites for hydroxylation is 1. The SMILES string of the molecule is CCNC(=O)N1CCC(CN(CC2CCCCC2)c2nc3c(C(C)(C)C)nn(C)c3c(=O)[nH]2)CC1. The molecule has 35 heavy (non-hydrogen) atoms. The zero-order chi connectivity index (χ0) is 25.2. The molecule has 2 aromatic rings. The number of amides is 2. The third kappa shape index (κ3) is 5.81. The van der Waals surface area contributed by atoms with E-state index in [9.17, 15) is 9.59 Å². The molecule has 2 aromatic heterocycles. The van der Waals surface area contributed by atoms with Crippen molar-refractivity contribution in [1.29, 1.82) is 0 Å². The predicted octanol–water partition coefficient (Wildman–Crippen LogP) is 3.78. The normalized spacial score (nSPS) is 18.3. The van der Waals surface area contributed by atoms with Crippen molar-refractivity contribution < 1.29 is 4.79 Å². The van der Waals surface area contributed by atoms with Crippen LogP contribution in [-0.4, -0.2) is 63.4 Å². The summed E-state index contributed by atoms with van der Waals surface area (Å²) in [7, 11) is 1.82. The molecule has 1 aliphatic carbocycles. The highest BCUT2D eigenvalue weighted by atomic mass is 16.2. The summed E-state index contributed by atoms with van der Waals surface area (Å²) in [5.74, 6) is 1.75. The van der Waals surface area contributed by atoms with E-state index in [1.54, 1.807) is 4.68 Å². The number of anilines is 1. The Hall–Kier alpha value is -2.58. The Bertz CT molecular complexity index is 1070. The quantitative estimate of drug-likeness (QED) is 0.649. The summed E-state index contributed by atoms with van der Waals surface area (Å²) in [6, 6.07) is 0.0350. The number of piperidine rings is 1. The minimum Gasteiger partial charge on any atom is -0.342 e. The lowest BCUT2D eigenvalue weighted by Crippen LogP contribution is -2.46. The first kappa shape index (κ1) is 25.5. The number of carbonyl (C=O) groups is 1. The molecule has 9 nitrogen and oxygen atoms in total. The number of carbonyl (C=O) groups excluding carboxylic acids is 1. The number of rotatable bonds is 6. The van der Waals surface area contributed by atoms with Crippen molar-refractivity contribution in [3.8, 4) is 0 Å². The van der Waals surface area contributed by atoms with E-state index in [1.165, 1.54) is 32.1 Å². The lowest BCUT2D eigenvalue weighted by molar-refractivity contribution is 0.171. The van der Waals surface area contributed by atoms with Gasteiger partial charge in [0.25, 0.3) is 5.56 Å². The van der Waals surface area contributed by atoms with Crippen molar-refractivity contribution in [2.75, 3.05) is 37.6 Å². The Balaban J connectivity index is 1.60. The molecule has 2 amide bonds. The highest BCUT2D eigenvalue weighted by Crippen LogP contribution is 2.30. The fraction of sp³-hybridized carbons (Fsp3) is 0.769. The van der Waals surface area contributed by atoms with Crippen LogP contribution in [0.5, 0.6) is 0 Å².